The fourth-order valence-corrected chi connectivity index (χ4v) is 5.91. The zero-order chi connectivity index (χ0) is 32.6. The SMILES string of the molecule is [2H]c1c([2H])c([2H])c2c(-c3c4ccccc4c(-c4ccc(-c5ccc6ccccc6c5)cc4)c4ccccc34)c([2H])c([2H])c([2H])c2c1[2H]. The Hall–Kier alpha value is -5.20. The van der Waals surface area contributed by atoms with Crippen LogP contribution >= 0.6 is 0 Å². The van der Waals surface area contributed by atoms with E-state index in [1.54, 1.807) is 0 Å². The number of fused-ring (bicyclic) bond motifs is 4. The molecule has 0 aromatic heterocycles. The van der Waals surface area contributed by atoms with Gasteiger partial charge in [-0.3, -0.25) is 0 Å². The summed E-state index contributed by atoms with van der Waals surface area (Å²) in [7, 11) is 0. The molecule has 0 nitrogen and oxygen atoms in total. The standard InChI is InChI=1S/C40H26/c1-2-12-31-26-32(25-22-27(31)10-1)28-20-23-30(24-21-28)39-35-15-5-7-17-37(35)40(38-18-8-6-16-36(38)39)34-19-9-13-29-11-3-4-14-33(29)34/h1-26H/i3D,4D,9D,11D,13D,14D,19D. The van der Waals surface area contributed by atoms with Crippen molar-refractivity contribution in [2.45, 2.75) is 0 Å². The number of benzene rings is 8. The van der Waals surface area contributed by atoms with Crippen molar-refractivity contribution in [2.75, 3.05) is 0 Å². The lowest BCUT2D eigenvalue weighted by Crippen LogP contribution is -1.91. The van der Waals surface area contributed by atoms with Crippen molar-refractivity contribution in [1.29, 1.82) is 0 Å². The van der Waals surface area contributed by atoms with Crippen LogP contribution in [0.15, 0.2) is 158 Å². The molecule has 0 unspecified atom stereocenters. The van der Waals surface area contributed by atoms with Crippen LogP contribution in [0.3, 0.4) is 0 Å². The average Bonchev–Trinajstić information content (AvgIpc) is 3.11. The second-order valence-corrected chi connectivity index (χ2v) is 9.98. The summed E-state index contributed by atoms with van der Waals surface area (Å²) >= 11 is 0. The van der Waals surface area contributed by atoms with Crippen molar-refractivity contribution < 1.29 is 9.60 Å². The molecule has 0 spiro atoms. The Morgan fingerprint density at radius 2 is 0.900 bits per heavy atom. The van der Waals surface area contributed by atoms with Crippen LogP contribution in [0.25, 0.3) is 76.5 Å². The van der Waals surface area contributed by atoms with Gasteiger partial charge in [0.2, 0.25) is 0 Å². The van der Waals surface area contributed by atoms with E-state index in [4.69, 9.17) is 9.60 Å². The quantitative estimate of drug-likeness (QED) is 0.206. The molecule has 0 radical (unpaired) electrons. The zero-order valence-corrected chi connectivity index (χ0v) is 21.5. The van der Waals surface area contributed by atoms with Gasteiger partial charge < -0.3 is 0 Å². The van der Waals surface area contributed by atoms with E-state index in [2.05, 4.69) is 54.6 Å². The smallest absolute Gasteiger partial charge is 0.0616 e. The second-order valence-electron chi connectivity index (χ2n) is 9.98. The fourth-order valence-electron chi connectivity index (χ4n) is 5.91. The molecule has 0 atom stereocenters. The van der Waals surface area contributed by atoms with Crippen LogP contribution in [-0.4, -0.2) is 0 Å². The molecule has 0 aliphatic rings. The molecule has 40 heavy (non-hydrogen) atoms. The highest BCUT2D eigenvalue weighted by molar-refractivity contribution is 6.23. The minimum absolute atomic E-state index is 0.0477. The van der Waals surface area contributed by atoms with Crippen LogP contribution in [0.5, 0.6) is 0 Å². The molecular weight excluding hydrogens is 480 g/mol. The van der Waals surface area contributed by atoms with Gasteiger partial charge in [-0.25, -0.2) is 0 Å². The minimum Gasteiger partial charge on any atom is -0.0616 e. The molecule has 0 bridgehead atoms. The predicted octanol–water partition coefficient (Wildman–Crippen LogP) is 11.3. The summed E-state index contributed by atoms with van der Waals surface area (Å²) in [5.74, 6) is 0. The van der Waals surface area contributed by atoms with E-state index in [9.17, 15) is 0 Å². The molecule has 0 heteroatoms. The van der Waals surface area contributed by atoms with Gasteiger partial charge in [0.15, 0.2) is 0 Å². The van der Waals surface area contributed by atoms with Crippen molar-refractivity contribution in [3.8, 4) is 33.4 Å². The van der Waals surface area contributed by atoms with E-state index >= 15 is 0 Å². The first-order valence-electron chi connectivity index (χ1n) is 16.8. The van der Waals surface area contributed by atoms with Crippen molar-refractivity contribution in [3.63, 3.8) is 0 Å². The first kappa shape index (κ1) is 16.7. The predicted molar refractivity (Wildman–Crippen MR) is 173 cm³/mol. The summed E-state index contributed by atoms with van der Waals surface area (Å²) < 4.78 is 60.7. The number of rotatable bonds is 3. The number of hydrogen-bond acceptors (Lipinski definition) is 0. The Morgan fingerprint density at radius 3 is 1.62 bits per heavy atom. The molecule has 0 amide bonds. The van der Waals surface area contributed by atoms with Gasteiger partial charge in [-0.15, -0.1) is 0 Å². The van der Waals surface area contributed by atoms with E-state index in [1.165, 1.54) is 10.8 Å². The van der Waals surface area contributed by atoms with Gasteiger partial charge in [-0.2, -0.15) is 0 Å². The molecule has 0 fully saturated rings. The highest BCUT2D eigenvalue weighted by Crippen LogP contribution is 2.45. The van der Waals surface area contributed by atoms with Gasteiger partial charge in [0, 0.05) is 0 Å². The normalized spacial score (nSPS) is 13.9. The fraction of sp³-hybridized carbons (Fsp3) is 0. The third kappa shape index (κ3) is 3.61. The molecule has 0 aliphatic heterocycles. The molecule has 0 saturated heterocycles. The Morgan fingerprint density at radius 1 is 0.350 bits per heavy atom. The van der Waals surface area contributed by atoms with E-state index in [0.717, 1.165) is 43.8 Å². The molecule has 0 heterocycles. The third-order valence-electron chi connectivity index (χ3n) is 7.75. The average molecular weight is 514 g/mol. The maximum absolute atomic E-state index is 9.11. The molecule has 8 rings (SSSR count). The lowest BCUT2D eigenvalue weighted by Gasteiger charge is -2.19. The monoisotopic (exact) mass is 513 g/mol. The molecule has 8 aromatic rings. The molecule has 186 valence electrons. The van der Waals surface area contributed by atoms with E-state index in [0.29, 0.717) is 5.56 Å². The lowest BCUT2D eigenvalue weighted by molar-refractivity contribution is 1.63. The molecule has 0 aliphatic carbocycles. The lowest BCUT2D eigenvalue weighted by atomic mass is 9.84. The summed E-state index contributed by atoms with van der Waals surface area (Å²) in [5.41, 5.74) is 5.09. The first-order chi connectivity index (χ1) is 22.8. The Bertz CT molecular complexity index is 2520. The van der Waals surface area contributed by atoms with Crippen LogP contribution < -0.4 is 0 Å². The van der Waals surface area contributed by atoms with Gasteiger partial charge in [-0.1, -0.05) is 151 Å². The van der Waals surface area contributed by atoms with Gasteiger partial charge >= 0.3 is 0 Å². The molecule has 0 saturated carbocycles. The van der Waals surface area contributed by atoms with Gasteiger partial charge in [0.25, 0.3) is 0 Å². The van der Waals surface area contributed by atoms with Gasteiger partial charge in [0.05, 0.1) is 9.60 Å². The van der Waals surface area contributed by atoms with Crippen molar-refractivity contribution >= 4 is 43.1 Å². The van der Waals surface area contributed by atoms with Crippen LogP contribution in [0.4, 0.5) is 0 Å². The highest BCUT2D eigenvalue weighted by Gasteiger charge is 2.17. The van der Waals surface area contributed by atoms with Crippen molar-refractivity contribution in [1.82, 2.24) is 0 Å². The van der Waals surface area contributed by atoms with Gasteiger partial charge in [-0.05, 0) is 82.5 Å². The maximum atomic E-state index is 9.11. The molecule has 0 N–H and O–H groups in total. The van der Waals surface area contributed by atoms with Crippen LogP contribution in [0.1, 0.15) is 9.60 Å². The van der Waals surface area contributed by atoms with Gasteiger partial charge in [0.1, 0.15) is 0 Å². The Labute approximate surface area is 243 Å². The summed E-state index contributed by atoms with van der Waals surface area (Å²) in [6.07, 6.45) is 0. The second kappa shape index (κ2) is 9.22. The topological polar surface area (TPSA) is 0 Å². The maximum Gasteiger partial charge on any atom is 0.0629 e. The largest absolute Gasteiger partial charge is 0.0629 e. The van der Waals surface area contributed by atoms with Crippen LogP contribution in [0, 0.1) is 0 Å². The van der Waals surface area contributed by atoms with E-state index < -0.39 is 12.1 Å². The Balaban J connectivity index is 1.43. The third-order valence-corrected chi connectivity index (χ3v) is 7.75. The highest BCUT2D eigenvalue weighted by atomic mass is 14.2. The van der Waals surface area contributed by atoms with Crippen LogP contribution in [0.2, 0.25) is 0 Å². The van der Waals surface area contributed by atoms with E-state index in [-0.39, 0.29) is 46.5 Å². The molecule has 8 aromatic carbocycles. The summed E-state index contributed by atoms with van der Waals surface area (Å²) in [6.45, 7) is 0. The van der Waals surface area contributed by atoms with Crippen molar-refractivity contribution in [2.24, 2.45) is 0 Å². The summed E-state index contributed by atoms with van der Waals surface area (Å²) in [5, 5.41) is 5.82. The summed E-state index contributed by atoms with van der Waals surface area (Å²) in [4.78, 5) is 0. The minimum atomic E-state index is -0.462. The first-order valence-corrected chi connectivity index (χ1v) is 13.3. The molecular formula is C40H26. The van der Waals surface area contributed by atoms with E-state index in [1.807, 2.05) is 60.7 Å². The Kier molecular flexibility index (Phi) is 3.85. The number of hydrogen-bond donors (Lipinski definition) is 0. The summed E-state index contributed by atoms with van der Waals surface area (Å²) in [6, 6.07) is 36.4. The van der Waals surface area contributed by atoms with Crippen LogP contribution in [-0.2, 0) is 0 Å². The zero-order valence-electron chi connectivity index (χ0n) is 28.5. The van der Waals surface area contributed by atoms with Crippen molar-refractivity contribution in [3.05, 3.63) is 158 Å².